The van der Waals surface area contributed by atoms with Crippen LogP contribution in [0, 0.1) is 0 Å². The number of azo groups is 1. The van der Waals surface area contributed by atoms with Crippen molar-refractivity contribution >= 4 is 34.0 Å². The lowest BCUT2D eigenvalue weighted by molar-refractivity contribution is 0.261. The van der Waals surface area contributed by atoms with E-state index in [0.717, 1.165) is 23.5 Å². The number of amides is 2. The first-order valence-corrected chi connectivity index (χ1v) is 4.73. The topological polar surface area (TPSA) is 58.9 Å². The molecule has 0 radical (unpaired) electrons. The number of carbonyl (C=O) groups is 2. The van der Waals surface area contributed by atoms with Crippen LogP contribution in [0.25, 0.3) is 0 Å². The zero-order valence-corrected chi connectivity index (χ0v) is 7.16. The van der Waals surface area contributed by atoms with Crippen LogP contribution in [0.3, 0.4) is 0 Å². The standard InChI is InChI=1S/C4H6N2O2S2/c1-9-3(7)5-6-4(8)10-2/h1-2H3. The van der Waals surface area contributed by atoms with Gasteiger partial charge in [-0.25, -0.2) is 0 Å². The van der Waals surface area contributed by atoms with E-state index in [2.05, 4.69) is 10.2 Å². The molecule has 0 rings (SSSR count). The fourth-order valence-electron chi connectivity index (χ4n) is 0.163. The van der Waals surface area contributed by atoms with Crippen LogP contribution in [0.15, 0.2) is 10.2 Å². The maximum absolute atomic E-state index is 10.4. The molecule has 0 unspecified atom stereocenters. The van der Waals surface area contributed by atoms with Gasteiger partial charge < -0.3 is 0 Å². The molecule has 0 fully saturated rings. The normalized spacial score (nSPS) is 10.2. The summed E-state index contributed by atoms with van der Waals surface area (Å²) in [6.07, 6.45) is 3.15. The summed E-state index contributed by atoms with van der Waals surface area (Å²) in [5, 5.41) is 5.27. The molecule has 0 aliphatic carbocycles. The van der Waals surface area contributed by atoms with E-state index in [9.17, 15) is 9.59 Å². The summed E-state index contributed by atoms with van der Waals surface area (Å²) in [4.78, 5) is 20.7. The third kappa shape index (κ3) is 4.51. The summed E-state index contributed by atoms with van der Waals surface area (Å²) >= 11 is 1.83. The van der Waals surface area contributed by atoms with Gasteiger partial charge in [-0.15, -0.1) is 0 Å². The Kier molecular flexibility index (Phi) is 5.23. The first kappa shape index (κ1) is 9.64. The highest BCUT2D eigenvalue weighted by atomic mass is 32.2. The van der Waals surface area contributed by atoms with E-state index in [-0.39, 0.29) is 0 Å². The van der Waals surface area contributed by atoms with E-state index >= 15 is 0 Å². The number of thioether (sulfide) groups is 2. The minimum absolute atomic E-state index is 0.456. The third-order valence-electron chi connectivity index (χ3n) is 0.563. The van der Waals surface area contributed by atoms with E-state index in [0.29, 0.717) is 0 Å². The second kappa shape index (κ2) is 5.43. The smallest absolute Gasteiger partial charge is 0.258 e. The molecule has 0 saturated carbocycles. The van der Waals surface area contributed by atoms with Gasteiger partial charge in [-0.2, -0.15) is 0 Å². The summed E-state index contributed by atoms with van der Waals surface area (Å²) in [5.41, 5.74) is 0. The molecule has 10 heavy (non-hydrogen) atoms. The lowest BCUT2D eigenvalue weighted by Gasteiger charge is -1.82. The maximum Gasteiger partial charge on any atom is 0.323 e. The maximum atomic E-state index is 10.4. The summed E-state index contributed by atoms with van der Waals surface area (Å²) in [5.74, 6) is 0. The van der Waals surface area contributed by atoms with Crippen LogP contribution < -0.4 is 0 Å². The Bertz CT molecular complexity index is 151. The Labute approximate surface area is 66.9 Å². The van der Waals surface area contributed by atoms with E-state index in [1.807, 2.05) is 0 Å². The van der Waals surface area contributed by atoms with Gasteiger partial charge in [-0.3, -0.25) is 9.59 Å². The number of hydrogen-bond donors (Lipinski definition) is 0. The van der Waals surface area contributed by atoms with Crippen LogP contribution in [0.2, 0.25) is 0 Å². The fourth-order valence-corrected chi connectivity index (χ4v) is 0.408. The molecule has 0 aromatic carbocycles. The van der Waals surface area contributed by atoms with Crippen molar-refractivity contribution in [2.45, 2.75) is 0 Å². The van der Waals surface area contributed by atoms with Crippen LogP contribution in [0.1, 0.15) is 0 Å². The zero-order chi connectivity index (χ0) is 7.98. The second-order valence-corrected chi connectivity index (χ2v) is 2.66. The third-order valence-corrected chi connectivity index (χ3v) is 1.42. The number of hydrogen-bond acceptors (Lipinski definition) is 4. The second-order valence-electron chi connectivity index (χ2n) is 1.14. The highest BCUT2D eigenvalue weighted by Crippen LogP contribution is 2.03. The molecule has 2 amide bonds. The quantitative estimate of drug-likeness (QED) is 0.534. The van der Waals surface area contributed by atoms with Gasteiger partial charge in [0.1, 0.15) is 0 Å². The highest BCUT2D eigenvalue weighted by molar-refractivity contribution is 8.13. The van der Waals surface area contributed by atoms with Crippen molar-refractivity contribution in [2.75, 3.05) is 12.5 Å². The predicted octanol–water partition coefficient (Wildman–Crippen LogP) is 2.40. The lowest BCUT2D eigenvalue weighted by Crippen LogP contribution is -1.81. The van der Waals surface area contributed by atoms with Crippen molar-refractivity contribution in [3.63, 3.8) is 0 Å². The molecule has 0 heterocycles. The monoisotopic (exact) mass is 178 g/mol. The molecule has 0 aromatic heterocycles. The SMILES string of the molecule is CSC(=O)N=NC(=O)SC. The molecule has 4 nitrogen and oxygen atoms in total. The molecule has 0 aromatic rings. The summed E-state index contributed by atoms with van der Waals surface area (Å²) in [6, 6.07) is 0. The number of rotatable bonds is 0. The van der Waals surface area contributed by atoms with Gasteiger partial charge in [0.25, 0.3) is 0 Å². The number of carbonyl (C=O) groups excluding carboxylic acids is 2. The molecular formula is C4H6N2O2S2. The van der Waals surface area contributed by atoms with Crippen LogP contribution in [-0.2, 0) is 0 Å². The van der Waals surface area contributed by atoms with Crippen molar-refractivity contribution < 1.29 is 9.59 Å². The van der Waals surface area contributed by atoms with Crippen LogP contribution >= 0.6 is 23.5 Å². The van der Waals surface area contributed by atoms with Gasteiger partial charge in [0, 0.05) is 0 Å². The van der Waals surface area contributed by atoms with Crippen molar-refractivity contribution in [2.24, 2.45) is 10.2 Å². The Morgan fingerprint density at radius 3 is 1.50 bits per heavy atom. The largest absolute Gasteiger partial charge is 0.323 e. The summed E-state index contributed by atoms with van der Waals surface area (Å²) in [7, 11) is 0. The average molecular weight is 178 g/mol. The van der Waals surface area contributed by atoms with Crippen molar-refractivity contribution in [3.05, 3.63) is 0 Å². The first-order valence-electron chi connectivity index (χ1n) is 2.28. The molecule has 56 valence electrons. The fraction of sp³-hybridized carbons (Fsp3) is 0.500. The Morgan fingerprint density at radius 2 is 1.30 bits per heavy atom. The summed E-state index contributed by atoms with van der Waals surface area (Å²) in [6.45, 7) is 0. The molecule has 0 N–H and O–H groups in total. The van der Waals surface area contributed by atoms with E-state index in [4.69, 9.17) is 0 Å². The van der Waals surface area contributed by atoms with Gasteiger partial charge >= 0.3 is 10.5 Å². The van der Waals surface area contributed by atoms with Crippen molar-refractivity contribution in [1.29, 1.82) is 0 Å². The average Bonchev–Trinajstić information content (AvgIpc) is 1.99. The molecule has 0 bridgehead atoms. The minimum atomic E-state index is -0.456. The first-order chi connectivity index (χ1) is 4.70. The van der Waals surface area contributed by atoms with E-state index in [1.54, 1.807) is 12.5 Å². The van der Waals surface area contributed by atoms with Crippen LogP contribution in [0.5, 0.6) is 0 Å². The molecule has 0 aliphatic rings. The van der Waals surface area contributed by atoms with Gasteiger partial charge in [-0.05, 0) is 12.5 Å². The minimum Gasteiger partial charge on any atom is -0.258 e. The van der Waals surface area contributed by atoms with Crippen molar-refractivity contribution in [3.8, 4) is 0 Å². The molecule has 0 saturated heterocycles. The molecule has 0 aliphatic heterocycles. The molecule has 0 atom stereocenters. The Balaban J connectivity index is 3.75. The summed E-state index contributed by atoms with van der Waals surface area (Å²) < 4.78 is 0. The molecular weight excluding hydrogens is 172 g/mol. The van der Waals surface area contributed by atoms with Gasteiger partial charge in [0.2, 0.25) is 0 Å². The zero-order valence-electron chi connectivity index (χ0n) is 5.53. The van der Waals surface area contributed by atoms with Gasteiger partial charge in [0.05, 0.1) is 0 Å². The highest BCUT2D eigenvalue weighted by Gasteiger charge is 1.96. The van der Waals surface area contributed by atoms with Crippen molar-refractivity contribution in [1.82, 2.24) is 0 Å². The molecule has 0 spiro atoms. The lowest BCUT2D eigenvalue weighted by atomic mass is 11.3. The Morgan fingerprint density at radius 1 is 1.00 bits per heavy atom. The van der Waals surface area contributed by atoms with Crippen LogP contribution in [-0.4, -0.2) is 23.0 Å². The van der Waals surface area contributed by atoms with Gasteiger partial charge in [0.15, 0.2) is 0 Å². The Hall–Kier alpha value is -0.360. The van der Waals surface area contributed by atoms with E-state index < -0.39 is 10.5 Å². The van der Waals surface area contributed by atoms with E-state index in [1.165, 1.54) is 0 Å². The number of nitrogens with zero attached hydrogens (tertiary/aromatic N) is 2. The predicted molar refractivity (Wildman–Crippen MR) is 42.7 cm³/mol. The molecule has 6 heteroatoms. The van der Waals surface area contributed by atoms with Crippen LogP contribution in [0.4, 0.5) is 9.59 Å². The van der Waals surface area contributed by atoms with Gasteiger partial charge in [-0.1, -0.05) is 33.8 Å².